The molecule has 0 saturated heterocycles. The van der Waals surface area contributed by atoms with Gasteiger partial charge in [-0.1, -0.05) is 23.7 Å². The molecule has 29 heavy (non-hydrogen) atoms. The molecule has 7 nitrogen and oxygen atoms in total. The van der Waals surface area contributed by atoms with Crippen molar-refractivity contribution in [2.24, 2.45) is 0 Å². The molecule has 1 heterocycles. The highest BCUT2D eigenvalue weighted by Gasteiger charge is 2.34. The van der Waals surface area contributed by atoms with E-state index in [2.05, 4.69) is 10.2 Å². The zero-order valence-corrected chi connectivity index (χ0v) is 17.2. The van der Waals surface area contributed by atoms with Gasteiger partial charge in [0.2, 0.25) is 11.8 Å². The molecule has 150 valence electrons. The molecule has 0 bridgehead atoms. The summed E-state index contributed by atoms with van der Waals surface area (Å²) in [5, 5.41) is 8.61. The molecule has 0 N–H and O–H groups in total. The molecule has 1 saturated carbocycles. The summed E-state index contributed by atoms with van der Waals surface area (Å²) >= 11 is 6.17. The van der Waals surface area contributed by atoms with E-state index in [0.717, 1.165) is 19.1 Å². The molecule has 2 aromatic carbocycles. The maximum absolute atomic E-state index is 13.0. The van der Waals surface area contributed by atoms with E-state index in [4.69, 9.17) is 16.0 Å². The predicted octanol–water partition coefficient (Wildman–Crippen LogP) is 3.60. The number of sulfone groups is 1. The van der Waals surface area contributed by atoms with Crippen LogP contribution in [0.15, 0.2) is 57.8 Å². The lowest BCUT2D eigenvalue weighted by atomic mass is 10.2. The highest BCUT2D eigenvalue weighted by atomic mass is 35.5. The highest BCUT2D eigenvalue weighted by molar-refractivity contribution is 7.90. The number of carbonyl (C=O) groups excluding carboxylic acids is 1. The summed E-state index contributed by atoms with van der Waals surface area (Å²) in [4.78, 5) is 14.8. The van der Waals surface area contributed by atoms with Crippen molar-refractivity contribution in [3.63, 3.8) is 0 Å². The van der Waals surface area contributed by atoms with Crippen molar-refractivity contribution in [1.82, 2.24) is 15.1 Å². The van der Waals surface area contributed by atoms with E-state index >= 15 is 0 Å². The van der Waals surface area contributed by atoms with Crippen molar-refractivity contribution >= 4 is 27.3 Å². The third kappa shape index (κ3) is 4.33. The molecule has 0 aliphatic heterocycles. The molecule has 1 amide bonds. The number of rotatable bonds is 6. The second-order valence-electron chi connectivity index (χ2n) is 6.94. The number of benzene rings is 2. The van der Waals surface area contributed by atoms with E-state index in [9.17, 15) is 13.2 Å². The quantitative estimate of drug-likeness (QED) is 0.592. The average molecular weight is 432 g/mol. The van der Waals surface area contributed by atoms with Gasteiger partial charge in [-0.05, 0) is 49.2 Å². The van der Waals surface area contributed by atoms with E-state index in [1.165, 1.54) is 24.3 Å². The molecular weight excluding hydrogens is 414 g/mol. The van der Waals surface area contributed by atoms with Crippen LogP contribution < -0.4 is 0 Å². The second-order valence-corrected chi connectivity index (χ2v) is 9.36. The summed E-state index contributed by atoms with van der Waals surface area (Å²) < 4.78 is 29.0. The molecule has 1 fully saturated rings. The van der Waals surface area contributed by atoms with Crippen LogP contribution in [0.1, 0.15) is 29.1 Å². The molecule has 1 aromatic heterocycles. The minimum absolute atomic E-state index is 0.104. The van der Waals surface area contributed by atoms with E-state index < -0.39 is 9.84 Å². The Balaban J connectivity index is 1.55. The Morgan fingerprint density at radius 2 is 1.83 bits per heavy atom. The van der Waals surface area contributed by atoms with Crippen LogP contribution in [0.5, 0.6) is 0 Å². The van der Waals surface area contributed by atoms with Gasteiger partial charge in [0.05, 0.1) is 22.0 Å². The Morgan fingerprint density at radius 1 is 1.14 bits per heavy atom. The van der Waals surface area contributed by atoms with Crippen molar-refractivity contribution < 1.29 is 17.6 Å². The fraction of sp³-hybridized carbons (Fsp3) is 0.250. The number of aromatic nitrogens is 2. The van der Waals surface area contributed by atoms with Crippen molar-refractivity contribution in [1.29, 1.82) is 0 Å². The number of nitrogens with zero attached hydrogens (tertiary/aromatic N) is 3. The normalized spacial score (nSPS) is 14.0. The monoisotopic (exact) mass is 431 g/mol. The molecular formula is C20H18ClN3O4S. The predicted molar refractivity (Wildman–Crippen MR) is 107 cm³/mol. The molecule has 3 aromatic rings. The third-order valence-corrected chi connectivity index (χ3v) is 6.11. The van der Waals surface area contributed by atoms with Crippen LogP contribution >= 0.6 is 11.6 Å². The first-order chi connectivity index (χ1) is 13.8. The van der Waals surface area contributed by atoms with Crippen LogP contribution in [0.25, 0.3) is 11.5 Å². The largest absolute Gasteiger partial charge is 0.419 e. The van der Waals surface area contributed by atoms with Crippen LogP contribution in [0.3, 0.4) is 0 Å². The Labute approximate surface area is 173 Å². The summed E-state index contributed by atoms with van der Waals surface area (Å²) in [7, 11) is -3.31. The first-order valence-corrected chi connectivity index (χ1v) is 11.3. The second kappa shape index (κ2) is 7.61. The van der Waals surface area contributed by atoms with Gasteiger partial charge in [-0.15, -0.1) is 10.2 Å². The summed E-state index contributed by atoms with van der Waals surface area (Å²) in [6.45, 7) is 0.175. The molecule has 0 unspecified atom stereocenters. The zero-order valence-electron chi connectivity index (χ0n) is 15.6. The van der Waals surface area contributed by atoms with Crippen LogP contribution in [-0.2, 0) is 16.4 Å². The number of amides is 1. The number of hydrogen-bond donors (Lipinski definition) is 0. The summed E-state index contributed by atoms with van der Waals surface area (Å²) in [5.74, 6) is 0.407. The minimum atomic E-state index is -3.31. The van der Waals surface area contributed by atoms with Crippen LogP contribution in [-0.4, -0.2) is 41.7 Å². The van der Waals surface area contributed by atoms with E-state index in [1.54, 1.807) is 17.0 Å². The molecule has 9 heteroatoms. The molecule has 1 aliphatic rings. The third-order valence-electron chi connectivity index (χ3n) is 4.65. The van der Waals surface area contributed by atoms with Crippen molar-refractivity contribution in [2.75, 3.05) is 6.26 Å². The number of hydrogen-bond acceptors (Lipinski definition) is 6. The van der Waals surface area contributed by atoms with Crippen molar-refractivity contribution in [3.8, 4) is 11.5 Å². The molecule has 0 radical (unpaired) electrons. The minimum Gasteiger partial charge on any atom is -0.419 e. The lowest BCUT2D eigenvalue weighted by Crippen LogP contribution is -2.32. The van der Waals surface area contributed by atoms with E-state index in [0.29, 0.717) is 27.9 Å². The van der Waals surface area contributed by atoms with E-state index in [-0.39, 0.29) is 23.4 Å². The summed E-state index contributed by atoms with van der Waals surface area (Å²) in [6.07, 6.45) is 2.93. The van der Waals surface area contributed by atoms with Crippen molar-refractivity contribution in [3.05, 3.63) is 65.0 Å². The Kier molecular flexibility index (Phi) is 5.14. The molecule has 1 aliphatic carbocycles. The smallest absolute Gasteiger partial charge is 0.254 e. The first kappa shape index (κ1) is 19.6. The maximum Gasteiger partial charge on any atom is 0.254 e. The average Bonchev–Trinajstić information content (AvgIpc) is 3.43. The van der Waals surface area contributed by atoms with Gasteiger partial charge in [-0.25, -0.2) is 8.42 Å². The van der Waals surface area contributed by atoms with Gasteiger partial charge in [0.1, 0.15) is 0 Å². The van der Waals surface area contributed by atoms with Crippen molar-refractivity contribution in [2.45, 2.75) is 30.3 Å². The van der Waals surface area contributed by atoms with Crippen LogP contribution in [0.2, 0.25) is 5.02 Å². The fourth-order valence-corrected chi connectivity index (χ4v) is 3.82. The highest BCUT2D eigenvalue weighted by Crippen LogP contribution is 2.31. The molecule has 4 rings (SSSR count). The van der Waals surface area contributed by atoms with Gasteiger partial charge in [0.25, 0.3) is 5.91 Å². The SMILES string of the molecule is CS(=O)(=O)c1ccc(C(=O)N(Cc2nnc(-c3ccccc3Cl)o2)C2CC2)cc1. The Hall–Kier alpha value is -2.71. The van der Waals surface area contributed by atoms with Gasteiger partial charge in [0, 0.05) is 17.9 Å². The van der Waals surface area contributed by atoms with Gasteiger partial charge in [-0.2, -0.15) is 0 Å². The summed E-state index contributed by atoms with van der Waals surface area (Å²) in [5.41, 5.74) is 1.05. The number of halogens is 1. The summed E-state index contributed by atoms with van der Waals surface area (Å²) in [6, 6.07) is 13.2. The fourth-order valence-electron chi connectivity index (χ4n) is 2.97. The number of carbonyl (C=O) groups is 1. The van der Waals surface area contributed by atoms with E-state index in [1.807, 2.05) is 12.1 Å². The zero-order chi connectivity index (χ0) is 20.6. The lowest BCUT2D eigenvalue weighted by molar-refractivity contribution is 0.0714. The standard InChI is InChI=1S/C20H18ClN3O4S/c1-29(26,27)15-10-6-13(7-11-15)20(25)24(14-8-9-14)12-18-22-23-19(28-18)16-4-2-3-5-17(16)21/h2-7,10-11,14H,8-9,12H2,1H3. The topological polar surface area (TPSA) is 93.4 Å². The Bertz CT molecular complexity index is 1150. The molecule has 0 atom stereocenters. The maximum atomic E-state index is 13.0. The molecule has 0 spiro atoms. The first-order valence-electron chi connectivity index (χ1n) is 9.01. The van der Waals surface area contributed by atoms with Crippen LogP contribution in [0.4, 0.5) is 0 Å². The van der Waals surface area contributed by atoms with Crippen LogP contribution in [0, 0.1) is 0 Å². The van der Waals surface area contributed by atoms with Gasteiger partial charge in [0.15, 0.2) is 9.84 Å². The Morgan fingerprint density at radius 3 is 2.45 bits per heavy atom. The van der Waals surface area contributed by atoms with Gasteiger partial charge in [-0.3, -0.25) is 4.79 Å². The van der Waals surface area contributed by atoms with Gasteiger partial charge < -0.3 is 9.32 Å². The van der Waals surface area contributed by atoms with Gasteiger partial charge >= 0.3 is 0 Å². The lowest BCUT2D eigenvalue weighted by Gasteiger charge is -2.20.